The minimum absolute atomic E-state index is 0. The minimum atomic E-state index is -0.715. The third-order valence-electron chi connectivity index (χ3n) is 1.36. The Morgan fingerprint density at radius 2 is 2.31 bits per heavy atom. The van der Waals surface area contributed by atoms with Gasteiger partial charge >= 0.3 is 5.97 Å². The Labute approximate surface area is 91.2 Å². The zero-order valence-electron chi connectivity index (χ0n) is 6.82. The molecule has 13 heavy (non-hydrogen) atoms. The fourth-order valence-corrected chi connectivity index (χ4v) is 1.79. The van der Waals surface area contributed by atoms with Crippen LogP contribution in [0.15, 0.2) is 12.1 Å². The maximum Gasteiger partial charge on any atom is 0.328 e. The summed E-state index contributed by atoms with van der Waals surface area (Å²) in [5, 5.41) is 0. The van der Waals surface area contributed by atoms with Gasteiger partial charge in [-0.2, -0.15) is 0 Å². The molecular formula is C7H9Cl2NO2S. The number of halogens is 2. The van der Waals surface area contributed by atoms with Crippen molar-refractivity contribution < 1.29 is 9.53 Å². The highest BCUT2D eigenvalue weighted by Gasteiger charge is 2.17. The lowest BCUT2D eigenvalue weighted by Crippen LogP contribution is -2.21. The number of hydrogen-bond acceptors (Lipinski definition) is 4. The van der Waals surface area contributed by atoms with Crippen LogP contribution in [0.25, 0.3) is 0 Å². The minimum Gasteiger partial charge on any atom is -0.468 e. The van der Waals surface area contributed by atoms with Gasteiger partial charge in [-0.1, -0.05) is 11.6 Å². The summed E-state index contributed by atoms with van der Waals surface area (Å²) in [5.74, 6) is -0.450. The Balaban J connectivity index is 0.00000144. The molecule has 0 aliphatic carbocycles. The van der Waals surface area contributed by atoms with E-state index in [0.29, 0.717) is 9.21 Å². The van der Waals surface area contributed by atoms with Gasteiger partial charge in [-0.05, 0) is 12.1 Å². The fraction of sp³-hybridized carbons (Fsp3) is 0.286. The molecule has 1 atom stereocenters. The van der Waals surface area contributed by atoms with Crippen molar-refractivity contribution in [3.05, 3.63) is 21.3 Å². The molecule has 1 heterocycles. The maximum atomic E-state index is 10.9. The van der Waals surface area contributed by atoms with Gasteiger partial charge < -0.3 is 10.5 Å². The Kier molecular flexibility index (Phi) is 5.32. The molecule has 2 N–H and O–H groups in total. The van der Waals surface area contributed by atoms with Gasteiger partial charge in [0.15, 0.2) is 0 Å². The van der Waals surface area contributed by atoms with Crippen LogP contribution in [0.1, 0.15) is 10.9 Å². The van der Waals surface area contributed by atoms with Crippen LogP contribution in [0.2, 0.25) is 4.34 Å². The molecule has 0 radical (unpaired) electrons. The topological polar surface area (TPSA) is 52.3 Å². The Bertz CT molecular complexity index is 290. The predicted molar refractivity (Wildman–Crippen MR) is 55.5 cm³/mol. The van der Waals surface area contributed by atoms with Crippen molar-refractivity contribution in [2.75, 3.05) is 7.11 Å². The summed E-state index contributed by atoms with van der Waals surface area (Å²) in [6.07, 6.45) is 0. The standard InChI is InChI=1S/C7H8ClNO2S.ClH/c1-11-7(10)6(9)4-2-3-5(8)12-4;/h2-3,6H,9H2,1H3;1H. The van der Waals surface area contributed by atoms with Crippen molar-refractivity contribution in [2.24, 2.45) is 5.73 Å². The van der Waals surface area contributed by atoms with Gasteiger partial charge in [-0.25, -0.2) is 4.79 Å². The van der Waals surface area contributed by atoms with Gasteiger partial charge in [0.2, 0.25) is 0 Å². The molecule has 0 aliphatic heterocycles. The summed E-state index contributed by atoms with van der Waals surface area (Å²) in [4.78, 5) is 11.7. The molecule has 0 saturated carbocycles. The summed E-state index contributed by atoms with van der Waals surface area (Å²) < 4.78 is 5.09. The molecule has 3 nitrogen and oxygen atoms in total. The van der Waals surface area contributed by atoms with E-state index in [9.17, 15) is 4.79 Å². The molecule has 0 bridgehead atoms. The number of thiophene rings is 1. The summed E-state index contributed by atoms with van der Waals surface area (Å²) >= 11 is 6.94. The van der Waals surface area contributed by atoms with Crippen LogP contribution < -0.4 is 5.73 Å². The highest BCUT2D eigenvalue weighted by atomic mass is 35.5. The van der Waals surface area contributed by atoms with E-state index in [1.54, 1.807) is 12.1 Å². The molecule has 1 rings (SSSR count). The Morgan fingerprint density at radius 1 is 1.69 bits per heavy atom. The normalized spacial score (nSPS) is 11.6. The van der Waals surface area contributed by atoms with E-state index in [1.807, 2.05) is 0 Å². The third kappa shape index (κ3) is 3.15. The molecule has 0 fully saturated rings. The number of hydrogen-bond donors (Lipinski definition) is 1. The number of carbonyl (C=O) groups is 1. The first-order chi connectivity index (χ1) is 5.65. The zero-order chi connectivity index (χ0) is 9.14. The molecule has 0 aromatic carbocycles. The average Bonchev–Trinajstić information content (AvgIpc) is 2.49. The van der Waals surface area contributed by atoms with E-state index in [2.05, 4.69) is 4.74 Å². The Hall–Kier alpha value is -0.290. The molecule has 1 aromatic rings. The average molecular weight is 242 g/mol. The fourth-order valence-electron chi connectivity index (χ4n) is 0.739. The number of esters is 1. The maximum absolute atomic E-state index is 10.9. The van der Waals surface area contributed by atoms with Crippen LogP contribution in [-0.4, -0.2) is 13.1 Å². The van der Waals surface area contributed by atoms with Crippen LogP contribution >= 0.6 is 35.3 Å². The molecule has 6 heteroatoms. The van der Waals surface area contributed by atoms with Crippen LogP contribution in [0, 0.1) is 0 Å². The van der Waals surface area contributed by atoms with Crippen molar-refractivity contribution in [3.8, 4) is 0 Å². The lowest BCUT2D eigenvalue weighted by atomic mass is 10.3. The summed E-state index contributed by atoms with van der Waals surface area (Å²) in [6, 6.07) is 2.70. The summed E-state index contributed by atoms with van der Waals surface area (Å²) in [5.41, 5.74) is 5.54. The Morgan fingerprint density at radius 3 is 2.69 bits per heavy atom. The zero-order valence-corrected chi connectivity index (χ0v) is 9.21. The van der Waals surface area contributed by atoms with Gasteiger partial charge in [0.1, 0.15) is 6.04 Å². The highest BCUT2D eigenvalue weighted by molar-refractivity contribution is 7.16. The second-order valence-electron chi connectivity index (χ2n) is 2.14. The molecule has 1 unspecified atom stereocenters. The van der Waals surface area contributed by atoms with Gasteiger partial charge in [0.05, 0.1) is 11.4 Å². The van der Waals surface area contributed by atoms with Crippen molar-refractivity contribution in [1.82, 2.24) is 0 Å². The van der Waals surface area contributed by atoms with Crippen molar-refractivity contribution >= 4 is 41.3 Å². The molecule has 1 aromatic heterocycles. The van der Waals surface area contributed by atoms with Gasteiger partial charge in [-0.15, -0.1) is 23.7 Å². The number of carbonyl (C=O) groups excluding carboxylic acids is 1. The van der Waals surface area contributed by atoms with Crippen LogP contribution in [-0.2, 0) is 9.53 Å². The lowest BCUT2D eigenvalue weighted by Gasteiger charge is -2.05. The number of nitrogens with two attached hydrogens (primary N) is 1. The van der Waals surface area contributed by atoms with E-state index >= 15 is 0 Å². The molecule has 0 spiro atoms. The van der Waals surface area contributed by atoms with Gasteiger partial charge in [-0.3, -0.25) is 0 Å². The largest absolute Gasteiger partial charge is 0.468 e. The summed E-state index contributed by atoms with van der Waals surface area (Å²) in [6.45, 7) is 0. The monoisotopic (exact) mass is 241 g/mol. The van der Waals surface area contributed by atoms with E-state index in [1.165, 1.54) is 18.4 Å². The summed E-state index contributed by atoms with van der Waals surface area (Å²) in [7, 11) is 1.30. The first kappa shape index (κ1) is 12.7. The van der Waals surface area contributed by atoms with E-state index in [4.69, 9.17) is 17.3 Å². The first-order valence-corrected chi connectivity index (χ1v) is 4.43. The molecule has 0 saturated heterocycles. The quantitative estimate of drug-likeness (QED) is 0.807. The second kappa shape index (κ2) is 5.44. The van der Waals surface area contributed by atoms with Crippen LogP contribution in [0.5, 0.6) is 0 Å². The van der Waals surface area contributed by atoms with E-state index < -0.39 is 12.0 Å². The number of methoxy groups -OCH3 is 1. The lowest BCUT2D eigenvalue weighted by molar-refractivity contribution is -0.142. The van der Waals surface area contributed by atoms with Crippen LogP contribution in [0.3, 0.4) is 0 Å². The predicted octanol–water partition coefficient (Wildman–Crippen LogP) is 2.00. The van der Waals surface area contributed by atoms with Crippen molar-refractivity contribution in [3.63, 3.8) is 0 Å². The van der Waals surface area contributed by atoms with E-state index in [-0.39, 0.29) is 12.4 Å². The van der Waals surface area contributed by atoms with E-state index in [0.717, 1.165) is 0 Å². The molecular weight excluding hydrogens is 233 g/mol. The van der Waals surface area contributed by atoms with Gasteiger partial charge in [0, 0.05) is 4.88 Å². The highest BCUT2D eigenvalue weighted by Crippen LogP contribution is 2.26. The van der Waals surface area contributed by atoms with Crippen molar-refractivity contribution in [1.29, 1.82) is 0 Å². The molecule has 0 aliphatic rings. The number of ether oxygens (including phenoxy) is 1. The van der Waals surface area contributed by atoms with Crippen molar-refractivity contribution in [2.45, 2.75) is 6.04 Å². The molecule has 74 valence electrons. The first-order valence-electron chi connectivity index (χ1n) is 3.24. The smallest absolute Gasteiger partial charge is 0.328 e. The van der Waals surface area contributed by atoms with Gasteiger partial charge in [0.25, 0.3) is 0 Å². The third-order valence-corrected chi connectivity index (χ3v) is 2.67. The van der Waals surface area contributed by atoms with Crippen LogP contribution in [0.4, 0.5) is 0 Å². The number of rotatable bonds is 2. The second-order valence-corrected chi connectivity index (χ2v) is 3.89. The SMILES string of the molecule is COC(=O)C(N)c1ccc(Cl)s1.Cl. The molecule has 0 amide bonds.